The van der Waals surface area contributed by atoms with Gasteiger partial charge in [0.25, 0.3) is 0 Å². The average molecular weight is 399 g/mol. The molecule has 1 aliphatic heterocycles. The normalized spacial score (nSPS) is 20.8. The Balaban J connectivity index is 1.60. The molecule has 1 aliphatic carbocycles. The molecule has 0 atom stereocenters. The van der Waals surface area contributed by atoms with Crippen LogP contribution in [0.15, 0.2) is 23.1 Å². The first-order valence-electron chi connectivity index (χ1n) is 9.45. The van der Waals surface area contributed by atoms with Crippen LogP contribution in [0.3, 0.4) is 0 Å². The smallest absolute Gasteiger partial charge is 0.243 e. The molecule has 3 rings (SSSR count). The number of carbonyl (C=O) groups excluding carboxylic acids is 1. The predicted octanol–water partition coefficient (Wildman–Crippen LogP) is 3.50. The first-order chi connectivity index (χ1) is 12.4. The largest absolute Gasteiger partial charge is 0.353 e. The van der Waals surface area contributed by atoms with Gasteiger partial charge in [-0.25, -0.2) is 8.42 Å². The van der Waals surface area contributed by atoms with Gasteiger partial charge in [0.05, 0.1) is 4.90 Å². The summed E-state index contributed by atoms with van der Waals surface area (Å²) < 4.78 is 27.3. The van der Waals surface area contributed by atoms with Crippen molar-refractivity contribution in [3.05, 3.63) is 28.8 Å². The number of halogens is 1. The molecule has 1 heterocycles. The van der Waals surface area contributed by atoms with Gasteiger partial charge < -0.3 is 5.32 Å². The second kappa shape index (κ2) is 8.28. The van der Waals surface area contributed by atoms with Gasteiger partial charge in [0.2, 0.25) is 15.9 Å². The van der Waals surface area contributed by atoms with Crippen LogP contribution in [0.2, 0.25) is 5.02 Å². The summed E-state index contributed by atoms with van der Waals surface area (Å²) in [6.07, 6.45) is 6.88. The molecule has 0 spiro atoms. The Kier molecular flexibility index (Phi) is 6.25. The Morgan fingerprint density at radius 3 is 2.42 bits per heavy atom. The predicted molar refractivity (Wildman–Crippen MR) is 103 cm³/mol. The minimum absolute atomic E-state index is 0.0906. The van der Waals surface area contributed by atoms with Gasteiger partial charge in [-0.3, -0.25) is 4.79 Å². The molecule has 26 heavy (non-hydrogen) atoms. The monoisotopic (exact) mass is 398 g/mol. The Morgan fingerprint density at radius 1 is 1.12 bits per heavy atom. The van der Waals surface area contributed by atoms with E-state index in [0.717, 1.165) is 12.8 Å². The Labute approximate surface area is 161 Å². The molecule has 1 amide bonds. The van der Waals surface area contributed by atoms with E-state index in [1.165, 1.54) is 23.6 Å². The van der Waals surface area contributed by atoms with Gasteiger partial charge in [0, 0.05) is 30.1 Å². The van der Waals surface area contributed by atoms with E-state index in [9.17, 15) is 13.2 Å². The zero-order valence-electron chi connectivity index (χ0n) is 15.2. The first-order valence-corrected chi connectivity index (χ1v) is 11.3. The minimum atomic E-state index is -3.57. The van der Waals surface area contributed by atoms with E-state index < -0.39 is 10.0 Å². The van der Waals surface area contributed by atoms with Crippen LogP contribution in [0.4, 0.5) is 0 Å². The van der Waals surface area contributed by atoms with Crippen molar-refractivity contribution in [3.8, 4) is 0 Å². The van der Waals surface area contributed by atoms with Crippen LogP contribution in [0.1, 0.15) is 50.5 Å². The van der Waals surface area contributed by atoms with E-state index in [4.69, 9.17) is 11.6 Å². The van der Waals surface area contributed by atoms with E-state index in [1.54, 1.807) is 25.1 Å². The van der Waals surface area contributed by atoms with Crippen LogP contribution in [0.5, 0.6) is 0 Å². The highest BCUT2D eigenvalue weighted by Gasteiger charge is 2.33. The highest BCUT2D eigenvalue weighted by atomic mass is 35.5. The second-order valence-corrected chi connectivity index (χ2v) is 9.70. The van der Waals surface area contributed by atoms with Gasteiger partial charge >= 0.3 is 0 Å². The topological polar surface area (TPSA) is 66.5 Å². The summed E-state index contributed by atoms with van der Waals surface area (Å²) in [5.41, 5.74) is 0.575. The molecule has 0 radical (unpaired) electrons. The van der Waals surface area contributed by atoms with Gasteiger partial charge in [-0.05, 0) is 50.3 Å². The highest BCUT2D eigenvalue weighted by molar-refractivity contribution is 7.89. The Bertz CT molecular complexity index is 752. The van der Waals surface area contributed by atoms with Crippen LogP contribution in [0, 0.1) is 12.8 Å². The van der Waals surface area contributed by atoms with Crippen LogP contribution < -0.4 is 5.32 Å². The molecule has 0 unspecified atom stereocenters. The fourth-order valence-electron chi connectivity index (χ4n) is 3.93. The highest BCUT2D eigenvalue weighted by Crippen LogP contribution is 2.29. The van der Waals surface area contributed by atoms with Crippen LogP contribution in [0.25, 0.3) is 0 Å². The summed E-state index contributed by atoms with van der Waals surface area (Å²) in [5, 5.41) is 3.62. The third-order valence-electron chi connectivity index (χ3n) is 5.61. The standard InChI is InChI=1S/C19H27ClN2O3S/c1-14-17(20)8-5-9-18(14)26(24,25)22-12-10-15(11-13-22)19(23)21-16-6-3-2-4-7-16/h5,8-9,15-16H,2-4,6-7,10-13H2,1H3,(H,21,23). The quantitative estimate of drug-likeness (QED) is 0.844. The van der Waals surface area contributed by atoms with E-state index in [2.05, 4.69) is 5.32 Å². The van der Waals surface area contributed by atoms with E-state index in [-0.39, 0.29) is 16.7 Å². The van der Waals surface area contributed by atoms with Crippen molar-refractivity contribution in [2.24, 2.45) is 5.92 Å². The zero-order valence-corrected chi connectivity index (χ0v) is 16.8. The van der Waals surface area contributed by atoms with Crippen molar-refractivity contribution < 1.29 is 13.2 Å². The lowest BCUT2D eigenvalue weighted by atomic mass is 9.93. The number of carbonyl (C=O) groups is 1. The molecule has 1 N–H and O–H groups in total. The zero-order chi connectivity index (χ0) is 18.7. The van der Waals surface area contributed by atoms with E-state index in [1.807, 2.05) is 0 Å². The van der Waals surface area contributed by atoms with E-state index in [0.29, 0.717) is 42.6 Å². The van der Waals surface area contributed by atoms with Crippen LogP contribution >= 0.6 is 11.6 Å². The van der Waals surface area contributed by atoms with Crippen molar-refractivity contribution in [1.29, 1.82) is 0 Å². The molecule has 2 aliphatic rings. The number of nitrogens with zero attached hydrogens (tertiary/aromatic N) is 1. The minimum Gasteiger partial charge on any atom is -0.353 e. The number of amides is 1. The van der Waals surface area contributed by atoms with E-state index >= 15 is 0 Å². The number of hydrogen-bond acceptors (Lipinski definition) is 3. The van der Waals surface area contributed by atoms with Gasteiger partial charge in [-0.2, -0.15) is 4.31 Å². The fourth-order valence-corrected chi connectivity index (χ4v) is 5.88. The Hall–Kier alpha value is -1.11. The number of rotatable bonds is 4. The number of benzene rings is 1. The SMILES string of the molecule is Cc1c(Cl)cccc1S(=O)(=O)N1CCC(C(=O)NC2CCCCC2)CC1. The maximum atomic E-state index is 12.9. The third kappa shape index (κ3) is 4.24. The van der Waals surface area contributed by atoms with Gasteiger partial charge in [-0.1, -0.05) is 36.9 Å². The molecule has 5 nitrogen and oxygen atoms in total. The number of nitrogens with one attached hydrogen (secondary N) is 1. The maximum Gasteiger partial charge on any atom is 0.243 e. The fraction of sp³-hybridized carbons (Fsp3) is 0.632. The molecule has 1 saturated heterocycles. The summed E-state index contributed by atoms with van der Waals surface area (Å²) in [7, 11) is -3.57. The summed E-state index contributed by atoms with van der Waals surface area (Å²) in [5.74, 6) is -0.00304. The maximum absolute atomic E-state index is 12.9. The summed E-state index contributed by atoms with van der Waals surface area (Å²) in [4.78, 5) is 12.8. The molecule has 0 aromatic heterocycles. The van der Waals surface area contributed by atoms with Gasteiger partial charge in [0.1, 0.15) is 0 Å². The number of piperidine rings is 1. The Morgan fingerprint density at radius 2 is 1.77 bits per heavy atom. The molecule has 2 fully saturated rings. The van der Waals surface area contributed by atoms with Crippen molar-refractivity contribution in [2.45, 2.75) is 62.8 Å². The summed E-state index contributed by atoms with van der Waals surface area (Å²) >= 11 is 6.08. The van der Waals surface area contributed by atoms with Crippen LogP contribution in [-0.2, 0) is 14.8 Å². The lowest BCUT2D eigenvalue weighted by Crippen LogP contribution is -2.45. The number of sulfonamides is 1. The molecule has 7 heteroatoms. The summed E-state index contributed by atoms with van der Waals surface area (Å²) in [6.45, 7) is 2.47. The van der Waals surface area contributed by atoms with Gasteiger partial charge in [0.15, 0.2) is 0 Å². The molecule has 0 bridgehead atoms. The van der Waals surface area contributed by atoms with Crippen molar-refractivity contribution >= 4 is 27.5 Å². The van der Waals surface area contributed by atoms with Crippen molar-refractivity contribution in [3.63, 3.8) is 0 Å². The average Bonchev–Trinajstić information content (AvgIpc) is 2.64. The summed E-state index contributed by atoms with van der Waals surface area (Å²) in [6, 6.07) is 5.25. The number of hydrogen-bond donors (Lipinski definition) is 1. The van der Waals surface area contributed by atoms with Gasteiger partial charge in [-0.15, -0.1) is 0 Å². The second-order valence-electron chi connectivity index (χ2n) is 7.38. The molecule has 1 aromatic rings. The van der Waals surface area contributed by atoms with Crippen molar-refractivity contribution in [2.75, 3.05) is 13.1 Å². The molecule has 144 valence electrons. The molecular formula is C19H27ClN2O3S. The lowest BCUT2D eigenvalue weighted by molar-refractivity contribution is -0.127. The molecule has 1 aromatic carbocycles. The van der Waals surface area contributed by atoms with Crippen LogP contribution in [-0.4, -0.2) is 37.8 Å². The first kappa shape index (κ1) is 19.6. The molecule has 1 saturated carbocycles. The lowest BCUT2D eigenvalue weighted by Gasteiger charge is -2.32. The third-order valence-corrected chi connectivity index (χ3v) is 8.06. The van der Waals surface area contributed by atoms with Crippen molar-refractivity contribution in [1.82, 2.24) is 9.62 Å². The molecular weight excluding hydrogens is 372 g/mol.